The highest BCUT2D eigenvalue weighted by Crippen LogP contribution is 2.33. The minimum absolute atomic E-state index is 0.0749. The summed E-state index contributed by atoms with van der Waals surface area (Å²) in [6.45, 7) is 4.07. The van der Waals surface area contributed by atoms with Crippen LogP contribution in [-0.2, 0) is 26.0 Å². The van der Waals surface area contributed by atoms with E-state index in [0.717, 1.165) is 34.7 Å². The van der Waals surface area contributed by atoms with Crippen molar-refractivity contribution in [1.82, 2.24) is 20.3 Å². The molecule has 1 saturated carbocycles. The number of carbonyl (C=O) groups excluding carboxylic acids is 2. The maximum Gasteiger partial charge on any atom is 0.264 e. The second kappa shape index (κ2) is 10.9. The number of fused-ring (bicyclic) bond motifs is 1. The van der Waals surface area contributed by atoms with E-state index in [-0.39, 0.29) is 29.3 Å². The van der Waals surface area contributed by atoms with Crippen LogP contribution >= 0.6 is 0 Å². The van der Waals surface area contributed by atoms with Crippen molar-refractivity contribution >= 4 is 21.8 Å². The first-order valence-electron chi connectivity index (χ1n) is 13.5. The fourth-order valence-corrected chi connectivity index (χ4v) is 6.93. The summed E-state index contributed by atoms with van der Waals surface area (Å²) < 4.78 is 27.6. The maximum atomic E-state index is 13.3. The highest BCUT2D eigenvalue weighted by molar-refractivity contribution is 7.89. The molecule has 3 N–H and O–H groups in total. The number of amides is 2. The van der Waals surface area contributed by atoms with Gasteiger partial charge < -0.3 is 16.0 Å². The van der Waals surface area contributed by atoms with E-state index in [1.165, 1.54) is 54.9 Å². The van der Waals surface area contributed by atoms with Crippen molar-refractivity contribution in [1.29, 1.82) is 0 Å². The number of carbonyl (C=O) groups is 2. The van der Waals surface area contributed by atoms with Gasteiger partial charge in [0.05, 0.1) is 17.4 Å². The molecule has 0 saturated heterocycles. The van der Waals surface area contributed by atoms with Gasteiger partial charge in [-0.3, -0.25) is 13.9 Å². The molecule has 3 atom stereocenters. The predicted octanol–water partition coefficient (Wildman–Crippen LogP) is 3.74. The number of hydrogen-bond acceptors (Lipinski definition) is 5. The Morgan fingerprint density at radius 2 is 1.87 bits per heavy atom. The molecule has 38 heavy (non-hydrogen) atoms. The van der Waals surface area contributed by atoms with Crippen molar-refractivity contribution in [2.45, 2.75) is 87.9 Å². The molecule has 202 valence electrons. The molecule has 3 aliphatic rings. The van der Waals surface area contributed by atoms with Crippen molar-refractivity contribution < 1.29 is 18.0 Å². The summed E-state index contributed by atoms with van der Waals surface area (Å²) in [5.41, 5.74) is 4.52. The molecule has 1 fully saturated rings. The van der Waals surface area contributed by atoms with Crippen LogP contribution in [0.25, 0.3) is 0 Å². The normalized spacial score (nSPS) is 22.3. The molecule has 1 heterocycles. The third-order valence-corrected chi connectivity index (χ3v) is 9.74. The summed E-state index contributed by atoms with van der Waals surface area (Å²) in [7, 11) is -4.01. The average molecular weight is 537 g/mol. The quantitative estimate of drug-likeness (QED) is 0.477. The standard InChI is InChI=1S/C29H36N4O4S/c1-19-9-12-24(13-10-19)38(36,37)33-16-15-30-29(35)27(33)18-28(34)32-26-8-3-5-22-17-21(11-14-25(22)26)20(2)31-23-6-4-7-23/h9-17,20,23,26-27,31H,3-8,18H2,1-2H3,(H,30,35)(H,32,34)/t20?,26-,27?/m1/s1. The number of nitrogens with zero attached hydrogens (tertiary/aromatic N) is 1. The van der Waals surface area contributed by atoms with E-state index >= 15 is 0 Å². The first-order chi connectivity index (χ1) is 18.2. The second-order valence-corrected chi connectivity index (χ2v) is 12.5. The Morgan fingerprint density at radius 3 is 2.58 bits per heavy atom. The van der Waals surface area contributed by atoms with Gasteiger partial charge >= 0.3 is 0 Å². The minimum atomic E-state index is -4.01. The lowest BCUT2D eigenvalue weighted by Gasteiger charge is -2.33. The van der Waals surface area contributed by atoms with Crippen LogP contribution in [0.5, 0.6) is 0 Å². The molecular formula is C29H36N4O4S. The van der Waals surface area contributed by atoms with E-state index in [9.17, 15) is 18.0 Å². The molecule has 2 aromatic rings. The van der Waals surface area contributed by atoms with E-state index in [4.69, 9.17) is 0 Å². The molecule has 9 heteroatoms. The van der Waals surface area contributed by atoms with Gasteiger partial charge in [-0.05, 0) is 74.8 Å². The van der Waals surface area contributed by atoms with E-state index < -0.39 is 22.0 Å². The van der Waals surface area contributed by atoms with Crippen molar-refractivity contribution in [2.24, 2.45) is 0 Å². The zero-order valence-corrected chi connectivity index (χ0v) is 22.8. The zero-order valence-electron chi connectivity index (χ0n) is 21.9. The van der Waals surface area contributed by atoms with Gasteiger partial charge in [-0.15, -0.1) is 0 Å². The van der Waals surface area contributed by atoms with Gasteiger partial charge in [0.25, 0.3) is 10.0 Å². The predicted molar refractivity (Wildman–Crippen MR) is 145 cm³/mol. The van der Waals surface area contributed by atoms with Crippen molar-refractivity contribution in [3.8, 4) is 0 Å². The van der Waals surface area contributed by atoms with Crippen LogP contribution in [-0.4, -0.2) is 36.6 Å². The Bertz CT molecular complexity index is 1330. The van der Waals surface area contributed by atoms with Crippen LogP contribution in [0, 0.1) is 6.92 Å². The molecule has 8 nitrogen and oxygen atoms in total. The first-order valence-corrected chi connectivity index (χ1v) is 14.9. The fraction of sp³-hybridized carbons (Fsp3) is 0.448. The van der Waals surface area contributed by atoms with Crippen LogP contribution in [0.2, 0.25) is 0 Å². The summed E-state index contributed by atoms with van der Waals surface area (Å²) in [5, 5.41) is 9.32. The Labute approximate surface area is 224 Å². The lowest BCUT2D eigenvalue weighted by molar-refractivity contribution is -0.129. The molecule has 0 aromatic heterocycles. The molecule has 2 aromatic carbocycles. The van der Waals surface area contributed by atoms with Crippen LogP contribution in [0.1, 0.15) is 79.8 Å². The fourth-order valence-electron chi connectivity index (χ4n) is 5.48. The lowest BCUT2D eigenvalue weighted by Crippen LogP contribution is -2.51. The van der Waals surface area contributed by atoms with Crippen molar-refractivity contribution in [2.75, 3.05) is 0 Å². The Balaban J connectivity index is 1.29. The number of sulfonamides is 1. The third-order valence-electron chi connectivity index (χ3n) is 7.94. The van der Waals surface area contributed by atoms with Gasteiger partial charge in [-0.2, -0.15) is 0 Å². The number of nitrogens with one attached hydrogen (secondary N) is 3. The van der Waals surface area contributed by atoms with Crippen molar-refractivity contribution in [3.63, 3.8) is 0 Å². The highest BCUT2D eigenvalue weighted by Gasteiger charge is 2.37. The maximum absolute atomic E-state index is 13.3. The van der Waals surface area contributed by atoms with Crippen LogP contribution < -0.4 is 16.0 Å². The second-order valence-electron chi connectivity index (χ2n) is 10.7. The molecule has 0 radical (unpaired) electrons. The van der Waals surface area contributed by atoms with Gasteiger partial charge in [0.15, 0.2) is 0 Å². The third kappa shape index (κ3) is 5.49. The van der Waals surface area contributed by atoms with Gasteiger partial charge in [-0.25, -0.2) is 8.42 Å². The summed E-state index contributed by atoms with van der Waals surface area (Å²) >= 11 is 0. The van der Waals surface area contributed by atoms with Gasteiger partial charge in [-0.1, -0.05) is 42.3 Å². The van der Waals surface area contributed by atoms with Crippen LogP contribution in [0.15, 0.2) is 59.8 Å². The summed E-state index contributed by atoms with van der Waals surface area (Å²) in [6, 6.07) is 12.5. The van der Waals surface area contributed by atoms with E-state index in [2.05, 4.69) is 41.1 Å². The summed E-state index contributed by atoms with van der Waals surface area (Å²) in [5.74, 6) is -0.883. The molecule has 0 spiro atoms. The van der Waals surface area contributed by atoms with Gasteiger partial charge in [0, 0.05) is 24.5 Å². The summed E-state index contributed by atoms with van der Waals surface area (Å²) in [6.07, 6.45) is 8.82. The molecular weight excluding hydrogens is 500 g/mol. The molecule has 0 bridgehead atoms. The largest absolute Gasteiger partial charge is 0.349 e. The van der Waals surface area contributed by atoms with Crippen LogP contribution in [0.3, 0.4) is 0 Å². The van der Waals surface area contributed by atoms with Crippen molar-refractivity contribution in [3.05, 3.63) is 77.1 Å². The average Bonchev–Trinajstić information content (AvgIpc) is 2.87. The van der Waals surface area contributed by atoms with E-state index in [0.29, 0.717) is 6.04 Å². The monoisotopic (exact) mass is 536 g/mol. The number of aryl methyl sites for hydroxylation is 2. The SMILES string of the molecule is Cc1ccc(S(=O)(=O)N2C=CNC(=O)C2CC(=O)N[C@@H]2CCCc3cc(C(C)NC4CCC4)ccc32)cc1. The van der Waals surface area contributed by atoms with Gasteiger partial charge in [0.1, 0.15) is 6.04 Å². The Morgan fingerprint density at radius 1 is 1.11 bits per heavy atom. The van der Waals surface area contributed by atoms with Gasteiger partial charge in [0.2, 0.25) is 11.8 Å². The van der Waals surface area contributed by atoms with E-state index in [1.54, 1.807) is 12.1 Å². The number of hydrogen-bond donors (Lipinski definition) is 3. The smallest absolute Gasteiger partial charge is 0.264 e. The molecule has 2 unspecified atom stereocenters. The van der Waals surface area contributed by atoms with Crippen LogP contribution in [0.4, 0.5) is 0 Å². The Kier molecular flexibility index (Phi) is 7.59. The summed E-state index contributed by atoms with van der Waals surface area (Å²) in [4.78, 5) is 26.0. The van der Waals surface area contributed by atoms with E-state index in [1.807, 2.05) is 6.92 Å². The number of rotatable bonds is 8. The molecule has 1 aliphatic heterocycles. The molecule has 5 rings (SSSR count). The lowest BCUT2D eigenvalue weighted by atomic mass is 9.85. The topological polar surface area (TPSA) is 108 Å². The first kappa shape index (κ1) is 26.4. The highest BCUT2D eigenvalue weighted by atomic mass is 32.2. The minimum Gasteiger partial charge on any atom is -0.349 e. The Hall–Kier alpha value is -3.17. The molecule has 2 aliphatic carbocycles. The molecule has 2 amide bonds. The number of benzene rings is 2. The zero-order chi connectivity index (χ0) is 26.9.